The number of carbonyl (C=O) groups is 2. The molecule has 6 heteroatoms. The van der Waals surface area contributed by atoms with E-state index in [9.17, 15) is 9.59 Å². The molecule has 0 saturated heterocycles. The lowest BCUT2D eigenvalue weighted by Gasteiger charge is -2.36. The molecule has 0 spiro atoms. The summed E-state index contributed by atoms with van der Waals surface area (Å²) in [5.74, 6) is 0.480. The van der Waals surface area contributed by atoms with Crippen LogP contribution in [0.5, 0.6) is 0 Å². The van der Waals surface area contributed by atoms with Crippen LogP contribution in [0.3, 0.4) is 0 Å². The Hall–Kier alpha value is -2.24. The van der Waals surface area contributed by atoms with Gasteiger partial charge in [0.15, 0.2) is 5.69 Å². The lowest BCUT2D eigenvalue weighted by atomic mass is 9.80. The van der Waals surface area contributed by atoms with Gasteiger partial charge in [0.05, 0.1) is 11.2 Å². The van der Waals surface area contributed by atoms with Crippen LogP contribution in [0.1, 0.15) is 80.5 Å². The normalized spacial score (nSPS) is 21.2. The molecule has 0 radical (unpaired) electrons. The van der Waals surface area contributed by atoms with Crippen LogP contribution in [0, 0.1) is 5.92 Å². The molecule has 1 aromatic heterocycles. The van der Waals surface area contributed by atoms with E-state index in [2.05, 4.69) is 33.8 Å². The summed E-state index contributed by atoms with van der Waals surface area (Å²) in [4.78, 5) is 24.6. The van der Waals surface area contributed by atoms with Gasteiger partial charge in [-0.2, -0.15) is 5.10 Å². The molecule has 1 heterocycles. The second kappa shape index (κ2) is 7.98. The summed E-state index contributed by atoms with van der Waals surface area (Å²) >= 11 is 0. The molecule has 1 unspecified atom stereocenters. The van der Waals surface area contributed by atoms with Crippen molar-refractivity contribution >= 4 is 17.9 Å². The van der Waals surface area contributed by atoms with Gasteiger partial charge in [0.25, 0.3) is 5.91 Å². The second-order valence-electron chi connectivity index (χ2n) is 7.42. The van der Waals surface area contributed by atoms with Gasteiger partial charge in [-0.25, -0.2) is 0 Å². The molecule has 2 N–H and O–H groups in total. The SMILES string of the molecule is CCCC(=O)NC1(CCC)CC=Cc2cc(C(=O)NCC3CC3)nnc21. The van der Waals surface area contributed by atoms with Gasteiger partial charge >= 0.3 is 0 Å². The molecule has 2 aliphatic carbocycles. The number of carbonyl (C=O) groups excluding carboxylic acids is 2. The highest BCUT2D eigenvalue weighted by Gasteiger charge is 2.37. The zero-order valence-electron chi connectivity index (χ0n) is 15.7. The minimum Gasteiger partial charge on any atom is -0.350 e. The maximum absolute atomic E-state index is 12.3. The average Bonchev–Trinajstić information content (AvgIpc) is 3.44. The van der Waals surface area contributed by atoms with Gasteiger partial charge in [-0.15, -0.1) is 5.10 Å². The van der Waals surface area contributed by atoms with E-state index in [0.717, 1.165) is 30.5 Å². The minimum absolute atomic E-state index is 0.0373. The Kier molecular flexibility index (Phi) is 5.69. The average molecular weight is 356 g/mol. The molecule has 2 amide bonds. The predicted octanol–water partition coefficient (Wildman–Crippen LogP) is 2.95. The quantitative estimate of drug-likeness (QED) is 0.750. The fourth-order valence-electron chi connectivity index (χ4n) is 3.53. The molecule has 1 fully saturated rings. The highest BCUT2D eigenvalue weighted by Crippen LogP contribution is 2.36. The van der Waals surface area contributed by atoms with Gasteiger partial charge in [0, 0.05) is 18.5 Å². The van der Waals surface area contributed by atoms with Crippen LogP contribution >= 0.6 is 0 Å². The Labute approximate surface area is 154 Å². The van der Waals surface area contributed by atoms with Crippen LogP contribution in [-0.4, -0.2) is 28.6 Å². The van der Waals surface area contributed by atoms with Crippen LogP contribution in [0.25, 0.3) is 6.08 Å². The Bertz CT molecular complexity index is 712. The lowest BCUT2D eigenvalue weighted by molar-refractivity contribution is -0.123. The maximum atomic E-state index is 12.3. The first-order valence-electron chi connectivity index (χ1n) is 9.72. The number of fused-ring (bicyclic) bond motifs is 1. The Morgan fingerprint density at radius 2 is 2.04 bits per heavy atom. The predicted molar refractivity (Wildman–Crippen MR) is 100 cm³/mol. The van der Waals surface area contributed by atoms with Crippen molar-refractivity contribution in [2.45, 2.75) is 64.3 Å². The minimum atomic E-state index is -0.527. The highest BCUT2D eigenvalue weighted by atomic mass is 16.2. The summed E-state index contributed by atoms with van der Waals surface area (Å²) < 4.78 is 0. The van der Waals surface area contributed by atoms with Crippen LogP contribution in [-0.2, 0) is 10.3 Å². The molecule has 2 aliphatic rings. The summed E-state index contributed by atoms with van der Waals surface area (Å²) in [6.45, 7) is 4.80. The molecule has 1 aromatic rings. The Morgan fingerprint density at radius 3 is 2.73 bits per heavy atom. The van der Waals surface area contributed by atoms with E-state index in [-0.39, 0.29) is 11.8 Å². The first-order valence-corrected chi connectivity index (χ1v) is 9.72. The molecule has 6 nitrogen and oxygen atoms in total. The third-order valence-corrected chi connectivity index (χ3v) is 5.05. The van der Waals surface area contributed by atoms with Crippen molar-refractivity contribution in [3.63, 3.8) is 0 Å². The molecular weight excluding hydrogens is 328 g/mol. The van der Waals surface area contributed by atoms with E-state index >= 15 is 0 Å². The molecule has 0 aliphatic heterocycles. The molecule has 3 rings (SSSR count). The van der Waals surface area contributed by atoms with E-state index in [4.69, 9.17) is 0 Å². The number of aromatic nitrogens is 2. The molecule has 1 atom stereocenters. The van der Waals surface area contributed by atoms with Gasteiger partial charge in [0.1, 0.15) is 0 Å². The van der Waals surface area contributed by atoms with Gasteiger partial charge in [-0.05, 0) is 44.1 Å². The van der Waals surface area contributed by atoms with Crippen LogP contribution in [0.2, 0.25) is 0 Å². The highest BCUT2D eigenvalue weighted by molar-refractivity contribution is 5.92. The third-order valence-electron chi connectivity index (χ3n) is 5.05. The number of rotatable bonds is 8. The van der Waals surface area contributed by atoms with E-state index in [0.29, 0.717) is 31.0 Å². The third kappa shape index (κ3) is 4.11. The van der Waals surface area contributed by atoms with E-state index in [1.165, 1.54) is 12.8 Å². The van der Waals surface area contributed by atoms with Crippen molar-refractivity contribution in [3.8, 4) is 0 Å². The summed E-state index contributed by atoms with van der Waals surface area (Å²) in [6, 6.07) is 1.79. The van der Waals surface area contributed by atoms with Crippen molar-refractivity contribution < 1.29 is 9.59 Å². The summed E-state index contributed by atoms with van der Waals surface area (Å²) in [5.41, 5.74) is 1.44. The summed E-state index contributed by atoms with van der Waals surface area (Å²) in [5, 5.41) is 14.7. The molecule has 0 bridgehead atoms. The van der Waals surface area contributed by atoms with Gasteiger partial charge in [0.2, 0.25) is 5.91 Å². The molecule has 140 valence electrons. The zero-order valence-corrected chi connectivity index (χ0v) is 15.7. The first kappa shape index (κ1) is 18.5. The van der Waals surface area contributed by atoms with Crippen molar-refractivity contribution in [1.82, 2.24) is 20.8 Å². The monoisotopic (exact) mass is 356 g/mol. The lowest BCUT2D eigenvalue weighted by Crippen LogP contribution is -2.47. The molecule has 0 aromatic carbocycles. The number of nitrogens with zero attached hydrogens (tertiary/aromatic N) is 2. The summed E-state index contributed by atoms with van der Waals surface area (Å²) in [6.07, 6.45) is 10.1. The van der Waals surface area contributed by atoms with Crippen molar-refractivity contribution in [3.05, 3.63) is 29.1 Å². The van der Waals surface area contributed by atoms with Crippen molar-refractivity contribution in [2.75, 3.05) is 6.54 Å². The fraction of sp³-hybridized carbons (Fsp3) is 0.600. The summed E-state index contributed by atoms with van der Waals surface area (Å²) in [7, 11) is 0. The molecule has 26 heavy (non-hydrogen) atoms. The zero-order chi connectivity index (χ0) is 18.6. The second-order valence-corrected chi connectivity index (χ2v) is 7.42. The number of hydrogen-bond donors (Lipinski definition) is 2. The van der Waals surface area contributed by atoms with Crippen molar-refractivity contribution in [2.24, 2.45) is 5.92 Å². The first-order chi connectivity index (χ1) is 12.6. The van der Waals surface area contributed by atoms with Gasteiger partial charge in [-0.1, -0.05) is 32.4 Å². The van der Waals surface area contributed by atoms with Gasteiger partial charge < -0.3 is 10.6 Å². The largest absolute Gasteiger partial charge is 0.350 e. The number of hydrogen-bond acceptors (Lipinski definition) is 4. The van der Waals surface area contributed by atoms with Crippen molar-refractivity contribution in [1.29, 1.82) is 0 Å². The molecule has 1 saturated carbocycles. The molecular formula is C20H28N4O2. The maximum Gasteiger partial charge on any atom is 0.271 e. The fourth-order valence-corrected chi connectivity index (χ4v) is 3.53. The smallest absolute Gasteiger partial charge is 0.271 e. The Balaban J connectivity index is 1.83. The number of amides is 2. The Morgan fingerprint density at radius 1 is 1.23 bits per heavy atom. The van der Waals surface area contributed by atoms with E-state index in [1.807, 2.05) is 13.0 Å². The van der Waals surface area contributed by atoms with Crippen LogP contribution in [0.4, 0.5) is 0 Å². The van der Waals surface area contributed by atoms with E-state index < -0.39 is 5.54 Å². The van der Waals surface area contributed by atoms with Gasteiger partial charge in [-0.3, -0.25) is 9.59 Å². The number of nitrogens with one attached hydrogen (secondary N) is 2. The van der Waals surface area contributed by atoms with E-state index in [1.54, 1.807) is 6.07 Å². The topological polar surface area (TPSA) is 84.0 Å². The standard InChI is InChI=1S/C20H28N4O2/c1-3-6-17(25)22-20(10-4-2)11-5-7-15-12-16(23-24-18(15)20)19(26)21-13-14-8-9-14/h5,7,12,14H,3-4,6,8-11,13H2,1-2H3,(H,21,26)(H,22,25). The van der Waals surface area contributed by atoms with Crippen LogP contribution in [0.15, 0.2) is 12.1 Å². The van der Waals surface area contributed by atoms with Crippen LogP contribution < -0.4 is 10.6 Å².